The minimum atomic E-state index is -0.394. The molecule has 13 rings (SSSR count). The van der Waals surface area contributed by atoms with E-state index in [1.807, 2.05) is 0 Å². The van der Waals surface area contributed by atoms with Gasteiger partial charge in [0.25, 0.3) is 0 Å². The highest BCUT2D eigenvalue weighted by atomic mass is 14.5. The van der Waals surface area contributed by atoms with E-state index in [-0.39, 0.29) is 0 Å². The van der Waals surface area contributed by atoms with Gasteiger partial charge in [-0.15, -0.1) is 0 Å². The molecule has 11 aromatic carbocycles. The van der Waals surface area contributed by atoms with Gasteiger partial charge in [-0.25, -0.2) is 0 Å². The summed E-state index contributed by atoms with van der Waals surface area (Å²) in [5.74, 6) is 0. The Balaban J connectivity index is 0.989. The molecule has 0 amide bonds. The average Bonchev–Trinajstić information content (AvgIpc) is 3.77. The van der Waals surface area contributed by atoms with Gasteiger partial charge >= 0.3 is 0 Å². The van der Waals surface area contributed by atoms with Crippen LogP contribution in [0.3, 0.4) is 0 Å². The summed E-state index contributed by atoms with van der Waals surface area (Å²) in [5, 5.41) is 10.2. The van der Waals surface area contributed by atoms with Crippen LogP contribution in [0.4, 0.5) is 0 Å². The monoisotopic (exact) mass is 744 g/mol. The molecule has 0 fully saturated rings. The molecule has 0 nitrogen and oxygen atoms in total. The van der Waals surface area contributed by atoms with Crippen LogP contribution in [0, 0.1) is 0 Å². The van der Waals surface area contributed by atoms with Crippen LogP contribution >= 0.6 is 0 Å². The van der Waals surface area contributed by atoms with E-state index in [2.05, 4.69) is 218 Å². The Morgan fingerprint density at radius 2 is 0.712 bits per heavy atom. The summed E-state index contributed by atoms with van der Waals surface area (Å²) in [6, 6.07) is 81.7. The van der Waals surface area contributed by atoms with Gasteiger partial charge < -0.3 is 0 Å². The second-order valence-corrected chi connectivity index (χ2v) is 16.3. The molecule has 2 aliphatic rings. The number of hydrogen-bond acceptors (Lipinski definition) is 0. The molecule has 0 saturated heterocycles. The summed E-state index contributed by atoms with van der Waals surface area (Å²) in [6.07, 6.45) is 0. The molecule has 0 aliphatic heterocycles. The maximum atomic E-state index is 2.52. The first-order valence-corrected chi connectivity index (χ1v) is 20.7. The topological polar surface area (TPSA) is 0 Å². The summed E-state index contributed by atoms with van der Waals surface area (Å²) < 4.78 is 0. The zero-order valence-electron chi connectivity index (χ0n) is 32.3. The molecular formula is C59H36. The standard InChI is InChI=1S/C59H36/c1-2-15-39(16-3-1)56-47-20-6-8-22-49(47)57(50-23-9-7-21-48(50)56)40-28-26-37(27-29-40)41-30-31-42-35-51-55(36-43(42)34-41)59(54-33-32-38-14-4-5-17-44(38)58(51)54)52-24-12-10-18-45(52)46-19-11-13-25-53(46)59/h1-36H. The van der Waals surface area contributed by atoms with Gasteiger partial charge in [-0.3, -0.25) is 0 Å². The average molecular weight is 745 g/mol. The largest absolute Gasteiger partial charge is 0.0725 e. The lowest BCUT2D eigenvalue weighted by atomic mass is 9.70. The maximum Gasteiger partial charge on any atom is 0.0725 e. The number of benzene rings is 11. The van der Waals surface area contributed by atoms with Gasteiger partial charge in [0, 0.05) is 0 Å². The van der Waals surface area contributed by atoms with E-state index in [1.165, 1.54) is 121 Å². The molecule has 2 aliphatic carbocycles. The summed E-state index contributed by atoms with van der Waals surface area (Å²) in [4.78, 5) is 0. The van der Waals surface area contributed by atoms with Crippen molar-refractivity contribution >= 4 is 43.1 Å². The van der Waals surface area contributed by atoms with Gasteiger partial charge in [0.2, 0.25) is 0 Å². The highest BCUT2D eigenvalue weighted by Crippen LogP contribution is 2.64. The first kappa shape index (κ1) is 32.5. The lowest BCUT2D eigenvalue weighted by Crippen LogP contribution is -2.25. The van der Waals surface area contributed by atoms with Crippen LogP contribution in [0.5, 0.6) is 0 Å². The Morgan fingerprint density at radius 3 is 1.36 bits per heavy atom. The smallest absolute Gasteiger partial charge is 0.0622 e. The van der Waals surface area contributed by atoms with Crippen LogP contribution < -0.4 is 0 Å². The summed E-state index contributed by atoms with van der Waals surface area (Å²) >= 11 is 0. The minimum absolute atomic E-state index is 0.394. The molecule has 0 unspecified atom stereocenters. The summed E-state index contributed by atoms with van der Waals surface area (Å²) in [7, 11) is 0. The van der Waals surface area contributed by atoms with Crippen LogP contribution in [-0.4, -0.2) is 0 Å². The Kier molecular flexibility index (Phi) is 6.74. The number of rotatable bonds is 3. The van der Waals surface area contributed by atoms with Gasteiger partial charge in [0.05, 0.1) is 5.41 Å². The second kappa shape index (κ2) is 12.2. The van der Waals surface area contributed by atoms with Crippen LogP contribution in [0.1, 0.15) is 22.3 Å². The highest BCUT2D eigenvalue weighted by molar-refractivity contribution is 6.21. The van der Waals surface area contributed by atoms with Crippen molar-refractivity contribution in [1.82, 2.24) is 0 Å². The molecule has 0 bridgehead atoms. The van der Waals surface area contributed by atoms with Gasteiger partial charge in [-0.2, -0.15) is 0 Å². The van der Waals surface area contributed by atoms with E-state index in [0.29, 0.717) is 0 Å². The van der Waals surface area contributed by atoms with Crippen molar-refractivity contribution in [3.63, 3.8) is 0 Å². The zero-order chi connectivity index (χ0) is 38.7. The molecule has 0 heterocycles. The highest BCUT2D eigenvalue weighted by Gasteiger charge is 2.52. The fraction of sp³-hybridized carbons (Fsp3) is 0.0169. The van der Waals surface area contributed by atoms with Crippen molar-refractivity contribution in [2.75, 3.05) is 0 Å². The van der Waals surface area contributed by atoms with Gasteiger partial charge in [0.1, 0.15) is 0 Å². The SMILES string of the molecule is c1ccc(-c2c3ccccc3c(-c3ccc(-c4ccc5cc6c(cc5c4)C4(c5ccccc5-c5ccccc54)c4ccc5ccccc5c4-6)cc3)c3ccccc23)cc1. The van der Waals surface area contributed by atoms with E-state index in [1.54, 1.807) is 0 Å². The van der Waals surface area contributed by atoms with Crippen molar-refractivity contribution in [2.24, 2.45) is 0 Å². The van der Waals surface area contributed by atoms with E-state index in [9.17, 15) is 0 Å². The predicted molar refractivity (Wildman–Crippen MR) is 249 cm³/mol. The Labute approximate surface area is 343 Å². The number of fused-ring (bicyclic) bond motifs is 15. The molecular weight excluding hydrogens is 709 g/mol. The van der Waals surface area contributed by atoms with Crippen molar-refractivity contribution in [3.05, 3.63) is 241 Å². The van der Waals surface area contributed by atoms with Crippen LogP contribution in [-0.2, 0) is 5.41 Å². The van der Waals surface area contributed by atoms with E-state index in [4.69, 9.17) is 0 Å². The third-order valence-electron chi connectivity index (χ3n) is 13.4. The lowest BCUT2D eigenvalue weighted by molar-refractivity contribution is 0.795. The normalized spacial score (nSPS) is 13.2. The first-order valence-electron chi connectivity index (χ1n) is 20.7. The Hall–Kier alpha value is -7.54. The summed E-state index contributed by atoms with van der Waals surface area (Å²) in [5.41, 5.74) is 18.0. The van der Waals surface area contributed by atoms with E-state index < -0.39 is 5.41 Å². The van der Waals surface area contributed by atoms with E-state index >= 15 is 0 Å². The predicted octanol–water partition coefficient (Wildman–Crippen LogP) is 15.6. The van der Waals surface area contributed by atoms with Crippen LogP contribution in [0.15, 0.2) is 218 Å². The molecule has 59 heavy (non-hydrogen) atoms. The third-order valence-corrected chi connectivity index (χ3v) is 13.4. The molecule has 11 aromatic rings. The zero-order valence-corrected chi connectivity index (χ0v) is 32.3. The molecule has 272 valence electrons. The van der Waals surface area contributed by atoms with Gasteiger partial charge in [-0.1, -0.05) is 200 Å². The molecule has 0 saturated carbocycles. The van der Waals surface area contributed by atoms with Crippen molar-refractivity contribution in [2.45, 2.75) is 5.41 Å². The third kappa shape index (κ3) is 4.43. The Bertz CT molecular complexity index is 3430. The Morgan fingerprint density at radius 1 is 0.220 bits per heavy atom. The fourth-order valence-electron chi connectivity index (χ4n) is 11.0. The molecule has 0 heteroatoms. The molecule has 0 radical (unpaired) electrons. The lowest BCUT2D eigenvalue weighted by Gasteiger charge is -2.30. The fourth-order valence-corrected chi connectivity index (χ4v) is 11.0. The van der Waals surface area contributed by atoms with Gasteiger partial charge in [0.15, 0.2) is 0 Å². The maximum absolute atomic E-state index is 2.52. The molecule has 0 aromatic heterocycles. The van der Waals surface area contributed by atoms with Crippen LogP contribution in [0.2, 0.25) is 0 Å². The number of hydrogen-bond donors (Lipinski definition) is 0. The quantitative estimate of drug-likeness (QED) is 0.158. The molecule has 0 atom stereocenters. The van der Waals surface area contributed by atoms with Crippen molar-refractivity contribution in [1.29, 1.82) is 0 Å². The first-order chi connectivity index (χ1) is 29.3. The molecule has 0 N–H and O–H groups in total. The van der Waals surface area contributed by atoms with Crippen molar-refractivity contribution < 1.29 is 0 Å². The van der Waals surface area contributed by atoms with Gasteiger partial charge in [-0.05, 0) is 139 Å². The second-order valence-electron chi connectivity index (χ2n) is 16.3. The molecule has 1 spiro atoms. The van der Waals surface area contributed by atoms with Crippen LogP contribution in [0.25, 0.3) is 98.7 Å². The minimum Gasteiger partial charge on any atom is -0.0622 e. The van der Waals surface area contributed by atoms with E-state index in [0.717, 1.165) is 0 Å². The van der Waals surface area contributed by atoms with Crippen molar-refractivity contribution in [3.8, 4) is 55.6 Å². The summed E-state index contributed by atoms with van der Waals surface area (Å²) in [6.45, 7) is 0.